The quantitative estimate of drug-likeness (QED) is 0.704. The average Bonchev–Trinajstić information content (AvgIpc) is 2.55. The Hall–Kier alpha value is -2.11. The number of aromatic nitrogens is 3. The van der Waals surface area contributed by atoms with Crippen LogP contribution in [0.25, 0.3) is 22.2 Å². The van der Waals surface area contributed by atoms with Crippen molar-refractivity contribution >= 4 is 34.1 Å². The second-order valence-electron chi connectivity index (χ2n) is 4.83. The summed E-state index contributed by atoms with van der Waals surface area (Å²) in [6, 6.07) is 3.47. The highest BCUT2D eigenvalue weighted by molar-refractivity contribution is 6.41. The number of ether oxygens (including phenoxy) is 2. The van der Waals surface area contributed by atoms with Gasteiger partial charge in [0.2, 0.25) is 0 Å². The number of halogens is 2. The first-order valence-corrected chi connectivity index (χ1v) is 7.50. The van der Waals surface area contributed by atoms with E-state index in [2.05, 4.69) is 15.0 Å². The summed E-state index contributed by atoms with van der Waals surface area (Å²) in [5, 5.41) is 1.59. The smallest absolute Gasteiger partial charge is 0.141 e. The van der Waals surface area contributed by atoms with Crippen LogP contribution < -0.4 is 9.47 Å². The molecule has 0 spiro atoms. The van der Waals surface area contributed by atoms with E-state index in [0.717, 1.165) is 10.9 Å². The van der Waals surface area contributed by atoms with Crippen LogP contribution in [-0.2, 0) is 0 Å². The predicted molar refractivity (Wildman–Crippen MR) is 90.6 cm³/mol. The molecule has 2 aromatic heterocycles. The first kappa shape index (κ1) is 15.8. The molecule has 0 atom stereocenters. The van der Waals surface area contributed by atoms with Gasteiger partial charge in [-0.2, -0.15) is 0 Å². The van der Waals surface area contributed by atoms with Crippen molar-refractivity contribution in [2.45, 2.75) is 6.92 Å². The van der Waals surface area contributed by atoms with Gasteiger partial charge in [-0.1, -0.05) is 23.2 Å². The second kappa shape index (κ2) is 6.18. The Balaban J connectivity index is 2.27. The van der Waals surface area contributed by atoms with Gasteiger partial charge in [-0.05, 0) is 13.0 Å². The summed E-state index contributed by atoms with van der Waals surface area (Å²) in [7, 11) is 3.06. The lowest BCUT2D eigenvalue weighted by atomic mass is 10.1. The second-order valence-corrected chi connectivity index (χ2v) is 5.59. The molecule has 0 radical (unpaired) electrons. The third kappa shape index (κ3) is 2.78. The van der Waals surface area contributed by atoms with Crippen LogP contribution >= 0.6 is 23.2 Å². The number of rotatable bonds is 3. The fourth-order valence-corrected chi connectivity index (χ4v) is 2.97. The normalized spacial score (nSPS) is 10.8. The molecule has 0 aliphatic heterocycles. The Morgan fingerprint density at radius 3 is 2.17 bits per heavy atom. The molecule has 118 valence electrons. The molecular formula is C16H13Cl2N3O2. The highest BCUT2D eigenvalue weighted by Crippen LogP contribution is 2.45. The molecule has 0 fully saturated rings. The average molecular weight is 350 g/mol. The number of hydrogen-bond acceptors (Lipinski definition) is 5. The number of methoxy groups -OCH3 is 2. The van der Waals surface area contributed by atoms with Crippen molar-refractivity contribution in [3.8, 4) is 22.8 Å². The lowest BCUT2D eigenvalue weighted by Gasteiger charge is -2.14. The van der Waals surface area contributed by atoms with Gasteiger partial charge in [-0.25, -0.2) is 9.97 Å². The minimum atomic E-state index is 0.373. The minimum Gasteiger partial charge on any atom is -0.495 e. The van der Waals surface area contributed by atoms with Crippen LogP contribution in [0.5, 0.6) is 11.5 Å². The van der Waals surface area contributed by atoms with Gasteiger partial charge in [-0.15, -0.1) is 0 Å². The van der Waals surface area contributed by atoms with Crippen molar-refractivity contribution in [3.05, 3.63) is 40.4 Å². The molecule has 0 unspecified atom stereocenters. The van der Waals surface area contributed by atoms with Crippen LogP contribution in [0.4, 0.5) is 0 Å². The van der Waals surface area contributed by atoms with Crippen molar-refractivity contribution in [2.24, 2.45) is 0 Å². The monoisotopic (exact) mass is 349 g/mol. The summed E-state index contributed by atoms with van der Waals surface area (Å²) in [5.41, 5.74) is 1.90. The zero-order valence-corrected chi connectivity index (χ0v) is 14.2. The first-order valence-electron chi connectivity index (χ1n) is 6.75. The van der Waals surface area contributed by atoms with Crippen LogP contribution in [0.3, 0.4) is 0 Å². The number of fused-ring (bicyclic) bond motifs is 1. The van der Waals surface area contributed by atoms with E-state index >= 15 is 0 Å². The maximum absolute atomic E-state index is 6.42. The van der Waals surface area contributed by atoms with Gasteiger partial charge >= 0.3 is 0 Å². The molecule has 3 rings (SSSR count). The Morgan fingerprint density at radius 1 is 0.913 bits per heavy atom. The zero-order chi connectivity index (χ0) is 16.6. The summed E-state index contributed by atoms with van der Waals surface area (Å²) >= 11 is 12.8. The zero-order valence-electron chi connectivity index (χ0n) is 12.7. The maximum atomic E-state index is 6.42. The van der Waals surface area contributed by atoms with Crippen molar-refractivity contribution in [1.29, 1.82) is 0 Å². The molecule has 0 bridgehead atoms. The van der Waals surface area contributed by atoms with Gasteiger partial charge in [0.15, 0.2) is 0 Å². The summed E-state index contributed by atoms with van der Waals surface area (Å²) < 4.78 is 10.6. The number of pyridine rings is 1. The fourth-order valence-electron chi connectivity index (χ4n) is 2.27. The highest BCUT2D eigenvalue weighted by Gasteiger charge is 2.20. The molecule has 0 saturated heterocycles. The first-order chi connectivity index (χ1) is 11.0. The lowest BCUT2D eigenvalue weighted by molar-refractivity contribution is 0.395. The largest absolute Gasteiger partial charge is 0.495 e. The Bertz CT molecular complexity index is 872. The van der Waals surface area contributed by atoms with E-state index in [1.165, 1.54) is 14.2 Å². The Labute approximate surface area is 143 Å². The standard InChI is InChI=1S/C16H13Cl2N3O2/c1-8-19-6-9-4-10(20-7-11(9)21-8)14-15(17)12(22-2)5-13(23-3)16(14)18/h4-7H,1-3H3. The number of aryl methyl sites for hydroxylation is 1. The van der Waals surface area contributed by atoms with E-state index in [1.807, 2.05) is 13.0 Å². The van der Waals surface area contributed by atoms with E-state index in [-0.39, 0.29) is 0 Å². The van der Waals surface area contributed by atoms with Gasteiger partial charge in [-0.3, -0.25) is 4.98 Å². The minimum absolute atomic E-state index is 0.373. The van der Waals surface area contributed by atoms with Crippen LogP contribution in [0.1, 0.15) is 5.82 Å². The van der Waals surface area contributed by atoms with Crippen LogP contribution in [-0.4, -0.2) is 29.2 Å². The molecule has 5 nitrogen and oxygen atoms in total. The third-order valence-corrected chi connectivity index (χ3v) is 4.17. The SMILES string of the molecule is COc1cc(OC)c(Cl)c(-c2cc3cnc(C)nc3cn2)c1Cl. The molecule has 23 heavy (non-hydrogen) atoms. The number of benzene rings is 1. The van der Waals surface area contributed by atoms with E-state index in [1.54, 1.807) is 18.5 Å². The van der Waals surface area contributed by atoms with Gasteiger partial charge in [0, 0.05) is 23.2 Å². The van der Waals surface area contributed by atoms with E-state index in [9.17, 15) is 0 Å². The van der Waals surface area contributed by atoms with E-state index in [4.69, 9.17) is 32.7 Å². The molecule has 7 heteroatoms. The van der Waals surface area contributed by atoms with Crippen molar-refractivity contribution in [3.63, 3.8) is 0 Å². The van der Waals surface area contributed by atoms with Crippen LogP contribution in [0, 0.1) is 6.92 Å². The molecule has 0 amide bonds. The number of hydrogen-bond donors (Lipinski definition) is 0. The summed E-state index contributed by atoms with van der Waals surface area (Å²) in [6.07, 6.45) is 3.40. The van der Waals surface area contributed by atoms with Crippen molar-refractivity contribution in [1.82, 2.24) is 15.0 Å². The molecular weight excluding hydrogens is 337 g/mol. The van der Waals surface area contributed by atoms with E-state index in [0.29, 0.717) is 38.6 Å². The van der Waals surface area contributed by atoms with Crippen LogP contribution in [0.15, 0.2) is 24.5 Å². The Kier molecular flexibility index (Phi) is 4.24. The fraction of sp³-hybridized carbons (Fsp3) is 0.188. The molecule has 2 heterocycles. The van der Waals surface area contributed by atoms with Crippen molar-refractivity contribution < 1.29 is 9.47 Å². The molecule has 1 aromatic carbocycles. The molecule has 0 saturated carbocycles. The third-order valence-electron chi connectivity index (χ3n) is 3.42. The summed E-state index contributed by atoms with van der Waals surface area (Å²) in [4.78, 5) is 13.0. The lowest BCUT2D eigenvalue weighted by Crippen LogP contribution is -1.95. The topological polar surface area (TPSA) is 57.1 Å². The van der Waals surface area contributed by atoms with Crippen LogP contribution in [0.2, 0.25) is 10.0 Å². The van der Waals surface area contributed by atoms with Gasteiger partial charge in [0.1, 0.15) is 17.3 Å². The highest BCUT2D eigenvalue weighted by atomic mass is 35.5. The Morgan fingerprint density at radius 2 is 1.57 bits per heavy atom. The van der Waals surface area contributed by atoms with Gasteiger partial charge in [0.25, 0.3) is 0 Å². The predicted octanol–water partition coefficient (Wildman–Crippen LogP) is 4.32. The summed E-state index contributed by atoms with van der Waals surface area (Å²) in [5.74, 6) is 1.61. The van der Waals surface area contributed by atoms with E-state index < -0.39 is 0 Å². The molecule has 0 aliphatic carbocycles. The summed E-state index contributed by atoms with van der Waals surface area (Å²) in [6.45, 7) is 1.83. The van der Waals surface area contributed by atoms with Gasteiger partial charge in [0.05, 0.1) is 41.7 Å². The van der Waals surface area contributed by atoms with Gasteiger partial charge < -0.3 is 9.47 Å². The number of nitrogens with zero attached hydrogens (tertiary/aromatic N) is 3. The molecule has 0 N–H and O–H groups in total. The maximum Gasteiger partial charge on any atom is 0.141 e. The molecule has 0 aliphatic rings. The molecule has 3 aromatic rings. The van der Waals surface area contributed by atoms with Crippen molar-refractivity contribution in [2.75, 3.05) is 14.2 Å².